The van der Waals surface area contributed by atoms with Crippen molar-refractivity contribution in [3.05, 3.63) is 65.7 Å². The molecule has 150 valence electrons. The molecule has 0 radical (unpaired) electrons. The van der Waals surface area contributed by atoms with Gasteiger partial charge >= 0.3 is 0 Å². The first-order chi connectivity index (χ1) is 13.4. The van der Waals surface area contributed by atoms with Gasteiger partial charge in [0.2, 0.25) is 0 Å². The van der Waals surface area contributed by atoms with Crippen molar-refractivity contribution >= 4 is 0 Å². The normalized spacial score (nSPS) is 29.5. The fourth-order valence-electron chi connectivity index (χ4n) is 5.21. The third-order valence-corrected chi connectivity index (χ3v) is 6.88. The summed E-state index contributed by atoms with van der Waals surface area (Å²) in [6.07, 6.45) is 2.91. The summed E-state index contributed by atoms with van der Waals surface area (Å²) in [7, 11) is 0. The lowest BCUT2D eigenvalue weighted by atomic mass is 9.91. The van der Waals surface area contributed by atoms with Crippen LogP contribution in [0.25, 0.3) is 0 Å². The highest BCUT2D eigenvalue weighted by Crippen LogP contribution is 2.46. The number of fused-ring (bicyclic) bond motifs is 1. The van der Waals surface area contributed by atoms with Gasteiger partial charge in [-0.25, -0.2) is 0 Å². The van der Waals surface area contributed by atoms with Crippen LogP contribution in [0.4, 0.5) is 0 Å². The van der Waals surface area contributed by atoms with Crippen molar-refractivity contribution in [1.82, 2.24) is 4.90 Å². The van der Waals surface area contributed by atoms with Crippen LogP contribution < -0.4 is 0 Å². The first kappa shape index (κ1) is 19.4. The Morgan fingerprint density at radius 2 is 1.61 bits per heavy atom. The molecule has 0 aromatic heterocycles. The molecule has 2 fully saturated rings. The van der Waals surface area contributed by atoms with Gasteiger partial charge in [0.05, 0.1) is 11.7 Å². The minimum absolute atomic E-state index is 0.0209. The summed E-state index contributed by atoms with van der Waals surface area (Å²) in [4.78, 5) is 2.36. The molecule has 1 saturated heterocycles. The Labute approximate surface area is 167 Å². The van der Waals surface area contributed by atoms with Gasteiger partial charge in [0.1, 0.15) is 5.75 Å². The monoisotopic (exact) mass is 381 g/mol. The Kier molecular flexibility index (Phi) is 5.46. The number of hydrogen-bond acceptors (Lipinski definition) is 4. The second kappa shape index (κ2) is 7.86. The summed E-state index contributed by atoms with van der Waals surface area (Å²) < 4.78 is 0. The van der Waals surface area contributed by atoms with Gasteiger partial charge in [0, 0.05) is 19.1 Å². The van der Waals surface area contributed by atoms with Crippen LogP contribution in [0.15, 0.2) is 54.6 Å². The predicted octanol–water partition coefficient (Wildman–Crippen LogP) is 3.52. The molecule has 2 unspecified atom stereocenters. The molecule has 1 aliphatic heterocycles. The number of aromatic hydroxyl groups is 1. The van der Waals surface area contributed by atoms with E-state index in [0.29, 0.717) is 11.8 Å². The van der Waals surface area contributed by atoms with E-state index in [2.05, 4.69) is 36.1 Å². The van der Waals surface area contributed by atoms with Crippen LogP contribution in [0, 0.1) is 11.8 Å². The second-order valence-corrected chi connectivity index (χ2v) is 8.87. The summed E-state index contributed by atoms with van der Waals surface area (Å²) in [5.41, 5.74) is 1.58. The molecule has 2 aliphatic rings. The van der Waals surface area contributed by atoms with Crippen LogP contribution in [0.2, 0.25) is 0 Å². The van der Waals surface area contributed by atoms with Crippen molar-refractivity contribution in [2.24, 2.45) is 11.8 Å². The summed E-state index contributed by atoms with van der Waals surface area (Å²) >= 11 is 0. The third kappa shape index (κ3) is 4.09. The molecular formula is C24H31NO3. The van der Waals surface area contributed by atoms with E-state index in [1.165, 1.54) is 5.56 Å². The molecule has 0 amide bonds. The highest BCUT2D eigenvalue weighted by Gasteiger charge is 2.49. The minimum atomic E-state index is -0.573. The molecule has 4 nitrogen and oxygen atoms in total. The molecule has 0 spiro atoms. The average molecular weight is 382 g/mol. The summed E-state index contributed by atoms with van der Waals surface area (Å²) in [5, 5.41) is 31.3. The zero-order valence-corrected chi connectivity index (χ0v) is 16.5. The van der Waals surface area contributed by atoms with E-state index in [1.807, 2.05) is 6.07 Å². The molecule has 2 aromatic rings. The molecule has 2 aromatic carbocycles. The molecule has 1 heterocycles. The topological polar surface area (TPSA) is 63.9 Å². The van der Waals surface area contributed by atoms with Crippen molar-refractivity contribution in [3.63, 3.8) is 0 Å². The largest absolute Gasteiger partial charge is 0.508 e. The van der Waals surface area contributed by atoms with E-state index in [4.69, 9.17) is 0 Å². The van der Waals surface area contributed by atoms with Crippen molar-refractivity contribution in [1.29, 1.82) is 0 Å². The second-order valence-electron chi connectivity index (χ2n) is 8.87. The van der Waals surface area contributed by atoms with Gasteiger partial charge in [0.25, 0.3) is 0 Å². The van der Waals surface area contributed by atoms with E-state index in [-0.39, 0.29) is 11.8 Å². The van der Waals surface area contributed by atoms with Gasteiger partial charge in [-0.15, -0.1) is 0 Å². The molecule has 0 bridgehead atoms. The summed E-state index contributed by atoms with van der Waals surface area (Å²) in [6, 6.07) is 17.2. The molecule has 1 saturated carbocycles. The number of benzene rings is 2. The predicted molar refractivity (Wildman–Crippen MR) is 110 cm³/mol. The number of aryl methyl sites for hydroxylation is 1. The molecule has 4 heteroatoms. The number of nitrogens with zero attached hydrogens (tertiary/aromatic N) is 1. The number of aliphatic hydroxyl groups is 2. The van der Waals surface area contributed by atoms with Gasteiger partial charge < -0.3 is 15.3 Å². The third-order valence-electron chi connectivity index (χ3n) is 6.88. The lowest BCUT2D eigenvalue weighted by molar-refractivity contribution is 0.0180. The highest BCUT2D eigenvalue weighted by molar-refractivity contribution is 5.28. The smallest absolute Gasteiger partial charge is 0.115 e. The van der Waals surface area contributed by atoms with Gasteiger partial charge in [-0.2, -0.15) is 0 Å². The SMILES string of the molecule is CC(C(O)c1ccc(O)cc1)N1C[C@@H]2C[C@@](O)(CCc3ccccc3)C[C@@H]2C1. The van der Waals surface area contributed by atoms with Crippen molar-refractivity contribution < 1.29 is 15.3 Å². The fraction of sp³-hybridized carbons (Fsp3) is 0.500. The summed E-state index contributed by atoms with van der Waals surface area (Å²) in [6.45, 7) is 3.95. The van der Waals surface area contributed by atoms with Gasteiger partial charge in [-0.3, -0.25) is 4.90 Å². The number of rotatable bonds is 6. The van der Waals surface area contributed by atoms with E-state index in [0.717, 1.165) is 44.3 Å². The standard InChI is InChI=1S/C24H31NO3/c1-17(23(27)19-7-9-22(26)10-8-19)25-15-20-13-24(28,14-21(20)16-25)12-11-18-5-3-2-4-6-18/h2-10,17,20-21,23,26-28H,11-16H2,1H3/t17?,20-,21+,23?,24-. The minimum Gasteiger partial charge on any atom is -0.508 e. The molecule has 5 atom stereocenters. The first-order valence-electron chi connectivity index (χ1n) is 10.4. The molecular weight excluding hydrogens is 350 g/mol. The van der Waals surface area contributed by atoms with Crippen LogP contribution in [0.1, 0.15) is 43.4 Å². The number of hydrogen-bond donors (Lipinski definition) is 3. The molecule has 28 heavy (non-hydrogen) atoms. The Morgan fingerprint density at radius 3 is 2.21 bits per heavy atom. The molecule has 4 rings (SSSR count). The van der Waals surface area contributed by atoms with Gasteiger partial charge in [-0.1, -0.05) is 42.5 Å². The number of likely N-dealkylation sites (tertiary alicyclic amines) is 1. The maximum Gasteiger partial charge on any atom is 0.115 e. The maximum atomic E-state index is 11.1. The zero-order valence-electron chi connectivity index (χ0n) is 16.5. The Balaban J connectivity index is 1.32. The summed E-state index contributed by atoms with van der Waals surface area (Å²) in [5.74, 6) is 1.24. The average Bonchev–Trinajstić information content (AvgIpc) is 3.22. The van der Waals surface area contributed by atoms with Crippen molar-refractivity contribution in [2.45, 2.75) is 50.4 Å². The number of phenols is 1. The number of aliphatic hydroxyl groups excluding tert-OH is 1. The zero-order chi connectivity index (χ0) is 19.7. The first-order valence-corrected chi connectivity index (χ1v) is 10.4. The lowest BCUT2D eigenvalue weighted by Crippen LogP contribution is -2.38. The van der Waals surface area contributed by atoms with Crippen LogP contribution in [-0.2, 0) is 6.42 Å². The van der Waals surface area contributed by atoms with Crippen LogP contribution in [-0.4, -0.2) is 45.0 Å². The van der Waals surface area contributed by atoms with E-state index in [9.17, 15) is 15.3 Å². The van der Waals surface area contributed by atoms with Crippen LogP contribution >= 0.6 is 0 Å². The number of phenolic OH excluding ortho intramolecular Hbond substituents is 1. The quantitative estimate of drug-likeness (QED) is 0.716. The van der Waals surface area contributed by atoms with Crippen LogP contribution in [0.3, 0.4) is 0 Å². The Morgan fingerprint density at radius 1 is 1.00 bits per heavy atom. The molecule has 3 N–H and O–H groups in total. The van der Waals surface area contributed by atoms with Crippen molar-refractivity contribution in [2.75, 3.05) is 13.1 Å². The molecule has 1 aliphatic carbocycles. The highest BCUT2D eigenvalue weighted by atomic mass is 16.3. The Bertz CT molecular complexity index is 762. The van der Waals surface area contributed by atoms with E-state index in [1.54, 1.807) is 24.3 Å². The maximum absolute atomic E-state index is 11.1. The Hall–Kier alpha value is -1.88. The van der Waals surface area contributed by atoms with Gasteiger partial charge in [0.15, 0.2) is 0 Å². The van der Waals surface area contributed by atoms with E-state index < -0.39 is 11.7 Å². The van der Waals surface area contributed by atoms with E-state index >= 15 is 0 Å². The van der Waals surface area contributed by atoms with Crippen LogP contribution in [0.5, 0.6) is 5.75 Å². The van der Waals surface area contributed by atoms with Crippen molar-refractivity contribution in [3.8, 4) is 5.75 Å². The lowest BCUT2D eigenvalue weighted by Gasteiger charge is -2.31. The fourth-order valence-corrected chi connectivity index (χ4v) is 5.21. The van der Waals surface area contributed by atoms with Gasteiger partial charge in [-0.05, 0) is 67.7 Å².